The number of aliphatic hydroxyl groups is 2. The largest absolute Gasteiger partial charge is 0.388 e. The monoisotopic (exact) mass is 418 g/mol. The van der Waals surface area contributed by atoms with Crippen LogP contribution in [0.25, 0.3) is 6.08 Å². The molecule has 0 aromatic heterocycles. The van der Waals surface area contributed by atoms with E-state index in [1.165, 1.54) is 36.8 Å². The van der Waals surface area contributed by atoms with Gasteiger partial charge in [0.25, 0.3) is 0 Å². The van der Waals surface area contributed by atoms with Gasteiger partial charge in [0.05, 0.1) is 11.7 Å². The summed E-state index contributed by atoms with van der Waals surface area (Å²) in [5.74, 6) is 0.613. The number of rotatable bonds is 3. The lowest BCUT2D eigenvalue weighted by atomic mass is 9.65. The summed E-state index contributed by atoms with van der Waals surface area (Å²) in [4.78, 5) is 0. The molecule has 0 saturated heterocycles. The summed E-state index contributed by atoms with van der Waals surface area (Å²) in [6.07, 6.45) is 15.6. The van der Waals surface area contributed by atoms with Crippen LogP contribution in [-0.4, -0.2) is 16.3 Å². The van der Waals surface area contributed by atoms with Gasteiger partial charge in [0.15, 0.2) is 0 Å². The molecule has 3 aliphatic carbocycles. The Morgan fingerprint density at radius 2 is 1.77 bits per heavy atom. The molecule has 0 radical (unpaired) electrons. The van der Waals surface area contributed by atoms with E-state index in [4.69, 9.17) is 0 Å². The van der Waals surface area contributed by atoms with Gasteiger partial charge in [-0.3, -0.25) is 0 Å². The first-order chi connectivity index (χ1) is 14.7. The van der Waals surface area contributed by atoms with Gasteiger partial charge in [-0.1, -0.05) is 67.1 Å². The van der Waals surface area contributed by atoms with Crippen molar-refractivity contribution in [2.75, 3.05) is 0 Å². The van der Waals surface area contributed by atoms with Crippen molar-refractivity contribution >= 4 is 6.08 Å². The molecule has 2 nitrogen and oxygen atoms in total. The predicted octanol–water partition coefficient (Wildman–Crippen LogP) is 6.85. The van der Waals surface area contributed by atoms with Crippen LogP contribution in [-0.2, 0) is 5.60 Å². The van der Waals surface area contributed by atoms with Gasteiger partial charge in [-0.25, -0.2) is 0 Å². The van der Waals surface area contributed by atoms with Crippen LogP contribution in [0.5, 0.6) is 0 Å². The summed E-state index contributed by atoms with van der Waals surface area (Å²) in [5.41, 5.74) is 6.93. The van der Waals surface area contributed by atoms with Crippen LogP contribution < -0.4 is 0 Å². The summed E-state index contributed by atoms with van der Waals surface area (Å²) in [6, 6.07) is 8.37. The van der Waals surface area contributed by atoms with Crippen LogP contribution in [0.1, 0.15) is 83.3 Å². The molecule has 4 rings (SSSR count). The molecule has 3 saturated carbocycles. The Kier molecular flexibility index (Phi) is 6.16. The predicted molar refractivity (Wildman–Crippen MR) is 130 cm³/mol. The SMILES string of the molecule is C=C1/C(=C\C=C2/CCCC3(C)/C(=C/c4ccc(C(C)(C)O)cc4)CCC23)CCCC1O. The molecule has 2 heteroatoms. The molecule has 31 heavy (non-hydrogen) atoms. The van der Waals surface area contributed by atoms with Crippen molar-refractivity contribution in [1.82, 2.24) is 0 Å². The first-order valence-corrected chi connectivity index (χ1v) is 12.0. The lowest BCUT2D eigenvalue weighted by molar-refractivity contribution is 0.0786. The first kappa shape index (κ1) is 22.3. The number of fused-ring (bicyclic) bond motifs is 1. The molecule has 0 heterocycles. The topological polar surface area (TPSA) is 40.5 Å². The first-order valence-electron chi connectivity index (χ1n) is 12.0. The maximum Gasteiger partial charge on any atom is 0.0840 e. The van der Waals surface area contributed by atoms with E-state index < -0.39 is 5.60 Å². The second-order valence-corrected chi connectivity index (χ2v) is 10.6. The zero-order chi connectivity index (χ0) is 22.2. The molecule has 0 bridgehead atoms. The second kappa shape index (κ2) is 8.56. The van der Waals surface area contributed by atoms with Crippen molar-refractivity contribution < 1.29 is 10.2 Å². The smallest absolute Gasteiger partial charge is 0.0840 e. The van der Waals surface area contributed by atoms with E-state index in [0.29, 0.717) is 5.92 Å². The van der Waals surface area contributed by atoms with Gasteiger partial charge < -0.3 is 10.2 Å². The van der Waals surface area contributed by atoms with Gasteiger partial charge in [-0.15, -0.1) is 0 Å². The number of hydrogen-bond acceptors (Lipinski definition) is 2. The molecular weight excluding hydrogens is 380 g/mol. The fourth-order valence-electron chi connectivity index (χ4n) is 5.95. The van der Waals surface area contributed by atoms with Crippen molar-refractivity contribution in [2.24, 2.45) is 11.3 Å². The van der Waals surface area contributed by atoms with Crippen molar-refractivity contribution in [2.45, 2.75) is 83.8 Å². The van der Waals surface area contributed by atoms with Gasteiger partial charge in [0.1, 0.15) is 0 Å². The van der Waals surface area contributed by atoms with Crippen LogP contribution >= 0.6 is 0 Å². The summed E-state index contributed by atoms with van der Waals surface area (Å²) >= 11 is 0. The molecule has 3 atom stereocenters. The van der Waals surface area contributed by atoms with Crippen molar-refractivity contribution in [1.29, 1.82) is 0 Å². The van der Waals surface area contributed by atoms with Crippen molar-refractivity contribution in [3.05, 3.63) is 76.4 Å². The van der Waals surface area contributed by atoms with E-state index in [2.05, 4.69) is 43.9 Å². The Morgan fingerprint density at radius 1 is 1.03 bits per heavy atom. The second-order valence-electron chi connectivity index (χ2n) is 10.6. The van der Waals surface area contributed by atoms with Gasteiger partial charge in [0, 0.05) is 0 Å². The van der Waals surface area contributed by atoms with E-state index in [1.807, 2.05) is 26.0 Å². The highest BCUT2D eigenvalue weighted by Crippen LogP contribution is 2.57. The fourth-order valence-corrected chi connectivity index (χ4v) is 5.95. The number of aliphatic hydroxyl groups excluding tert-OH is 1. The molecule has 3 aliphatic rings. The Labute approximate surface area is 188 Å². The van der Waals surface area contributed by atoms with Gasteiger partial charge >= 0.3 is 0 Å². The minimum atomic E-state index is -0.798. The average molecular weight is 419 g/mol. The van der Waals surface area contributed by atoms with E-state index in [-0.39, 0.29) is 11.5 Å². The molecular formula is C29H38O2. The normalized spacial score (nSPS) is 33.3. The Balaban J connectivity index is 1.56. The summed E-state index contributed by atoms with van der Waals surface area (Å²) in [5, 5.41) is 20.3. The van der Waals surface area contributed by atoms with E-state index in [0.717, 1.165) is 36.8 Å². The molecule has 0 spiro atoms. The molecule has 166 valence electrons. The highest BCUT2D eigenvalue weighted by Gasteiger charge is 2.45. The molecule has 0 aliphatic heterocycles. The Bertz CT molecular complexity index is 922. The van der Waals surface area contributed by atoms with Gasteiger partial charge in [-0.2, -0.15) is 0 Å². The third kappa shape index (κ3) is 4.52. The average Bonchev–Trinajstić information content (AvgIpc) is 3.05. The lowest BCUT2D eigenvalue weighted by Crippen LogP contribution is -2.29. The van der Waals surface area contributed by atoms with E-state index in [9.17, 15) is 10.2 Å². The highest BCUT2D eigenvalue weighted by atomic mass is 16.3. The maximum absolute atomic E-state index is 10.2. The molecule has 1 aromatic carbocycles. The summed E-state index contributed by atoms with van der Waals surface area (Å²) < 4.78 is 0. The van der Waals surface area contributed by atoms with Crippen LogP contribution in [0.15, 0.2) is 65.3 Å². The zero-order valence-corrected chi connectivity index (χ0v) is 19.5. The maximum atomic E-state index is 10.2. The minimum Gasteiger partial charge on any atom is -0.388 e. The third-order valence-electron chi connectivity index (χ3n) is 8.01. The highest BCUT2D eigenvalue weighted by molar-refractivity contribution is 5.57. The molecule has 3 unspecified atom stereocenters. The quantitative estimate of drug-likeness (QED) is 0.563. The Hall–Kier alpha value is -1.90. The van der Waals surface area contributed by atoms with Gasteiger partial charge in [0.2, 0.25) is 0 Å². The molecule has 2 N–H and O–H groups in total. The lowest BCUT2D eigenvalue weighted by Gasteiger charge is -2.39. The molecule has 3 fully saturated rings. The van der Waals surface area contributed by atoms with Crippen LogP contribution in [0.3, 0.4) is 0 Å². The van der Waals surface area contributed by atoms with Crippen LogP contribution in [0, 0.1) is 11.3 Å². The number of allylic oxidation sites excluding steroid dienone is 4. The minimum absolute atomic E-state index is 0.237. The van der Waals surface area contributed by atoms with Crippen LogP contribution in [0.4, 0.5) is 0 Å². The third-order valence-corrected chi connectivity index (χ3v) is 8.01. The standard InChI is InChI=1S/C29H38O2/c1-20-22(7-5-9-27(20)30)12-13-23-8-6-18-29(4)25(16-17-26(23)29)19-21-10-14-24(15-11-21)28(2,3)31/h10-15,19,26-27,30-31H,1,5-9,16-18H2,2-4H3/b22-12-,23-13+,25-19+. The number of benzene rings is 1. The van der Waals surface area contributed by atoms with Crippen molar-refractivity contribution in [3.8, 4) is 0 Å². The molecule has 1 aromatic rings. The fraction of sp³-hybridized carbons (Fsp3) is 0.517. The summed E-state index contributed by atoms with van der Waals surface area (Å²) in [6.45, 7) is 10.3. The Morgan fingerprint density at radius 3 is 2.48 bits per heavy atom. The molecule has 0 amide bonds. The summed E-state index contributed by atoms with van der Waals surface area (Å²) in [7, 11) is 0. The van der Waals surface area contributed by atoms with Crippen LogP contribution in [0.2, 0.25) is 0 Å². The van der Waals surface area contributed by atoms with E-state index in [1.54, 1.807) is 11.1 Å². The number of hydrogen-bond donors (Lipinski definition) is 2. The zero-order valence-electron chi connectivity index (χ0n) is 19.5. The van der Waals surface area contributed by atoms with Crippen molar-refractivity contribution in [3.63, 3.8) is 0 Å². The van der Waals surface area contributed by atoms with E-state index >= 15 is 0 Å². The van der Waals surface area contributed by atoms with Gasteiger partial charge in [-0.05, 0) is 98.8 Å².